The second-order valence-corrected chi connectivity index (χ2v) is 12.2. The summed E-state index contributed by atoms with van der Waals surface area (Å²) < 4.78 is 40.2. The van der Waals surface area contributed by atoms with Crippen molar-refractivity contribution in [2.24, 2.45) is 5.92 Å². The number of nitrogens with one attached hydrogen (secondary N) is 2. The number of sulfonamides is 1. The highest BCUT2D eigenvalue weighted by molar-refractivity contribution is 7.92. The smallest absolute Gasteiger partial charge is 0.317 e. The number of rotatable bonds is 5. The van der Waals surface area contributed by atoms with E-state index in [1.165, 1.54) is 47.4 Å². The molecule has 1 aliphatic rings. The molecule has 0 bridgehead atoms. The van der Waals surface area contributed by atoms with Gasteiger partial charge in [0.1, 0.15) is 12.4 Å². The first-order chi connectivity index (χ1) is 18.3. The maximum Gasteiger partial charge on any atom is 0.317 e. The molecule has 10 nitrogen and oxygen atoms in total. The maximum atomic E-state index is 13.4. The molecule has 0 radical (unpaired) electrons. The van der Waals surface area contributed by atoms with Gasteiger partial charge in [0.25, 0.3) is 15.9 Å². The van der Waals surface area contributed by atoms with E-state index in [1.807, 2.05) is 27.7 Å². The molecule has 0 saturated carbocycles. The van der Waals surface area contributed by atoms with E-state index < -0.39 is 10.0 Å². The number of ether oxygens (including phenoxy) is 2. The molecule has 0 unspecified atom stereocenters. The number of fused-ring (bicyclic) bond motifs is 1. The number of hydrogen-bond donors (Lipinski definition) is 2. The predicted octanol–water partition coefficient (Wildman–Crippen LogP) is 4.06. The van der Waals surface area contributed by atoms with Gasteiger partial charge in [0, 0.05) is 50.3 Å². The minimum Gasteiger partial charge on any atom is -0.491 e. The lowest BCUT2D eigenvalue weighted by Crippen LogP contribution is -2.52. The van der Waals surface area contributed by atoms with Crippen LogP contribution in [0.25, 0.3) is 0 Å². The van der Waals surface area contributed by atoms with Crippen molar-refractivity contribution in [3.63, 3.8) is 0 Å². The van der Waals surface area contributed by atoms with E-state index in [-0.39, 0.29) is 71.1 Å². The third-order valence-corrected chi connectivity index (χ3v) is 8.15. The number of urea groups is 1. The molecule has 0 saturated heterocycles. The number of nitrogens with zero attached hydrogens (tertiary/aromatic N) is 2. The van der Waals surface area contributed by atoms with Crippen LogP contribution >= 0.6 is 11.6 Å². The summed E-state index contributed by atoms with van der Waals surface area (Å²) in [6.45, 7) is 8.37. The molecule has 2 aromatic rings. The first-order valence-corrected chi connectivity index (χ1v) is 14.6. The zero-order valence-electron chi connectivity index (χ0n) is 23.1. The molecule has 1 heterocycles. The fraction of sp³-hybridized carbons (Fsp3) is 0.481. The summed E-state index contributed by atoms with van der Waals surface area (Å²) in [6, 6.07) is 9.65. The van der Waals surface area contributed by atoms with Crippen LogP contribution in [0.3, 0.4) is 0 Å². The Balaban J connectivity index is 1.97. The van der Waals surface area contributed by atoms with E-state index in [0.29, 0.717) is 11.6 Å². The zero-order valence-corrected chi connectivity index (χ0v) is 24.7. The number of carbonyl (C=O) groups excluding carboxylic acids is 2. The topological polar surface area (TPSA) is 117 Å². The summed E-state index contributed by atoms with van der Waals surface area (Å²) in [5, 5.41) is 3.36. The van der Waals surface area contributed by atoms with Crippen molar-refractivity contribution < 1.29 is 27.5 Å². The lowest BCUT2D eigenvalue weighted by Gasteiger charge is -2.36. The molecule has 3 rings (SSSR count). The minimum absolute atomic E-state index is 0.0385. The van der Waals surface area contributed by atoms with Crippen molar-refractivity contribution in [3.8, 4) is 5.75 Å². The normalized spacial score (nSPS) is 20.9. The molecule has 2 aromatic carbocycles. The van der Waals surface area contributed by atoms with Gasteiger partial charge >= 0.3 is 6.03 Å². The SMILES string of the molecule is CO[C@H]1CN(C)C(=O)c2ccc(NS(=O)(=O)c3ccc(Cl)cc3)cc2OC[C@@H](C)N(C(=O)NC(C)C)C[C@H]1C. The molecule has 3 atom stereocenters. The van der Waals surface area contributed by atoms with Gasteiger partial charge in [0.2, 0.25) is 0 Å². The van der Waals surface area contributed by atoms with Crippen molar-refractivity contribution in [1.29, 1.82) is 0 Å². The van der Waals surface area contributed by atoms with Gasteiger partial charge in [-0.05, 0) is 57.2 Å². The van der Waals surface area contributed by atoms with Gasteiger partial charge in [-0.2, -0.15) is 0 Å². The Labute approximate surface area is 235 Å². The fourth-order valence-corrected chi connectivity index (χ4v) is 5.45. The summed E-state index contributed by atoms with van der Waals surface area (Å²) in [7, 11) is -0.664. The molecule has 3 amide bonds. The largest absolute Gasteiger partial charge is 0.491 e. The Morgan fingerprint density at radius 1 is 1.13 bits per heavy atom. The molecule has 12 heteroatoms. The molecule has 0 fully saturated rings. The molecule has 214 valence electrons. The van der Waals surface area contributed by atoms with E-state index in [1.54, 1.807) is 19.1 Å². The highest BCUT2D eigenvalue weighted by Crippen LogP contribution is 2.28. The van der Waals surface area contributed by atoms with Gasteiger partial charge in [0.05, 0.1) is 28.3 Å². The Kier molecular flexibility index (Phi) is 10.1. The van der Waals surface area contributed by atoms with Crippen LogP contribution in [0, 0.1) is 5.92 Å². The van der Waals surface area contributed by atoms with Gasteiger partial charge in [-0.3, -0.25) is 9.52 Å². The van der Waals surface area contributed by atoms with Crippen LogP contribution in [0.15, 0.2) is 47.4 Å². The fourth-order valence-electron chi connectivity index (χ4n) is 4.28. The lowest BCUT2D eigenvalue weighted by atomic mass is 10.0. The number of halogens is 1. The number of benzene rings is 2. The van der Waals surface area contributed by atoms with Crippen LogP contribution < -0.4 is 14.8 Å². The number of methoxy groups -OCH3 is 1. The van der Waals surface area contributed by atoms with E-state index in [0.717, 1.165) is 0 Å². The molecular formula is C27H37ClN4O6S. The third-order valence-electron chi connectivity index (χ3n) is 6.50. The molecule has 0 spiro atoms. The molecule has 0 aliphatic carbocycles. The molecule has 2 N–H and O–H groups in total. The summed E-state index contributed by atoms with van der Waals surface area (Å²) in [5.41, 5.74) is 0.483. The van der Waals surface area contributed by atoms with Gasteiger partial charge < -0.3 is 24.6 Å². The summed E-state index contributed by atoms with van der Waals surface area (Å²) in [4.78, 5) is 29.8. The number of likely N-dealkylation sites (N-methyl/N-ethyl adjacent to an activating group) is 1. The average molecular weight is 581 g/mol. The first kappa shape index (κ1) is 30.5. The Morgan fingerprint density at radius 3 is 2.41 bits per heavy atom. The number of amides is 3. The monoisotopic (exact) mass is 580 g/mol. The number of carbonyl (C=O) groups is 2. The Hall–Kier alpha value is -3.02. The van der Waals surface area contributed by atoms with Gasteiger partial charge in [-0.15, -0.1) is 0 Å². The predicted molar refractivity (Wildman–Crippen MR) is 151 cm³/mol. The van der Waals surface area contributed by atoms with Crippen LogP contribution in [0.4, 0.5) is 10.5 Å². The molecule has 39 heavy (non-hydrogen) atoms. The molecule has 1 aliphatic heterocycles. The van der Waals surface area contributed by atoms with Crippen LogP contribution in [0.1, 0.15) is 38.1 Å². The van der Waals surface area contributed by atoms with E-state index in [4.69, 9.17) is 21.1 Å². The average Bonchev–Trinajstić information content (AvgIpc) is 2.87. The highest BCUT2D eigenvalue weighted by Gasteiger charge is 2.30. The van der Waals surface area contributed by atoms with E-state index in [9.17, 15) is 18.0 Å². The van der Waals surface area contributed by atoms with Crippen LogP contribution in [-0.2, 0) is 14.8 Å². The maximum absolute atomic E-state index is 13.4. The van der Waals surface area contributed by atoms with E-state index >= 15 is 0 Å². The Bertz CT molecular complexity index is 1270. The lowest BCUT2D eigenvalue weighted by molar-refractivity contribution is 0.0165. The van der Waals surface area contributed by atoms with Crippen LogP contribution in [0.5, 0.6) is 5.75 Å². The number of anilines is 1. The molecule has 0 aromatic heterocycles. The molecular weight excluding hydrogens is 544 g/mol. The van der Waals surface area contributed by atoms with E-state index in [2.05, 4.69) is 10.0 Å². The quantitative estimate of drug-likeness (QED) is 0.551. The summed E-state index contributed by atoms with van der Waals surface area (Å²) >= 11 is 5.89. The summed E-state index contributed by atoms with van der Waals surface area (Å²) in [6.07, 6.45) is -0.324. The Morgan fingerprint density at radius 2 is 1.79 bits per heavy atom. The third kappa shape index (κ3) is 7.77. The van der Waals surface area contributed by atoms with Gasteiger partial charge in [-0.1, -0.05) is 18.5 Å². The van der Waals surface area contributed by atoms with Crippen LogP contribution in [0.2, 0.25) is 5.02 Å². The first-order valence-electron chi connectivity index (χ1n) is 12.7. The van der Waals surface area contributed by atoms with Crippen molar-refractivity contribution in [2.75, 3.05) is 38.6 Å². The second kappa shape index (κ2) is 12.9. The summed E-state index contributed by atoms with van der Waals surface area (Å²) in [5.74, 6) is -0.176. The highest BCUT2D eigenvalue weighted by atomic mass is 35.5. The number of hydrogen-bond acceptors (Lipinski definition) is 6. The zero-order chi connectivity index (χ0) is 28.9. The minimum atomic E-state index is -3.92. The van der Waals surface area contributed by atoms with Crippen molar-refractivity contribution >= 4 is 39.2 Å². The van der Waals surface area contributed by atoms with Gasteiger partial charge in [0.15, 0.2) is 0 Å². The van der Waals surface area contributed by atoms with Crippen molar-refractivity contribution in [1.82, 2.24) is 15.1 Å². The van der Waals surface area contributed by atoms with Crippen molar-refractivity contribution in [2.45, 2.75) is 50.8 Å². The van der Waals surface area contributed by atoms with Crippen LogP contribution in [-0.4, -0.2) is 82.2 Å². The second-order valence-electron chi connectivity index (χ2n) is 10.1. The van der Waals surface area contributed by atoms with Crippen molar-refractivity contribution in [3.05, 3.63) is 53.1 Å². The standard InChI is InChI=1S/C27H37ClN4O6S/c1-17(2)29-27(34)32-14-18(3)25(37-6)15-31(5)26(33)23-12-9-21(13-24(23)38-16-19(32)4)30-39(35,36)22-10-7-20(28)8-11-22/h7-13,17-19,25,30H,14-16H2,1-6H3,(H,29,34)/t18-,19-,25+/m1/s1. The van der Waals surface area contributed by atoms with Gasteiger partial charge in [-0.25, -0.2) is 13.2 Å².